The summed E-state index contributed by atoms with van der Waals surface area (Å²) in [6.07, 6.45) is 0. The zero-order valence-electron chi connectivity index (χ0n) is 9.66. The van der Waals surface area contributed by atoms with Crippen molar-refractivity contribution in [1.82, 2.24) is 0 Å². The van der Waals surface area contributed by atoms with Crippen LogP contribution in [0.25, 0.3) is 0 Å². The van der Waals surface area contributed by atoms with Crippen molar-refractivity contribution in [2.75, 3.05) is 7.11 Å². The lowest BCUT2D eigenvalue weighted by Crippen LogP contribution is -2.58. The van der Waals surface area contributed by atoms with Crippen LogP contribution in [0.1, 0.15) is 19.4 Å². The van der Waals surface area contributed by atoms with Crippen LogP contribution in [-0.2, 0) is 15.1 Å². The van der Waals surface area contributed by atoms with Gasteiger partial charge in [0.2, 0.25) is 0 Å². The van der Waals surface area contributed by atoms with E-state index < -0.39 is 17.2 Å². The van der Waals surface area contributed by atoms with Crippen molar-refractivity contribution in [3.05, 3.63) is 35.9 Å². The van der Waals surface area contributed by atoms with E-state index in [-0.39, 0.29) is 0 Å². The standard InChI is InChI=1S/C12H16FNO2/c1-11(2,13)12(14,10(15)16-3)9-7-5-4-6-8-9/h4-8H,14H2,1-3H3. The Morgan fingerprint density at radius 3 is 2.19 bits per heavy atom. The van der Waals surface area contributed by atoms with Gasteiger partial charge in [-0.2, -0.15) is 0 Å². The zero-order chi connectivity index (χ0) is 12.4. The number of methoxy groups -OCH3 is 1. The van der Waals surface area contributed by atoms with Crippen LogP contribution in [0.3, 0.4) is 0 Å². The molecule has 0 aliphatic carbocycles. The Labute approximate surface area is 94.4 Å². The molecule has 4 heteroatoms. The van der Waals surface area contributed by atoms with Crippen molar-refractivity contribution >= 4 is 5.97 Å². The number of benzene rings is 1. The van der Waals surface area contributed by atoms with Crippen LogP contribution in [0.4, 0.5) is 4.39 Å². The first-order valence-electron chi connectivity index (χ1n) is 4.95. The maximum Gasteiger partial charge on any atom is 0.333 e. The minimum Gasteiger partial charge on any atom is -0.467 e. The van der Waals surface area contributed by atoms with Crippen LogP contribution in [0, 0.1) is 0 Å². The number of hydrogen-bond donors (Lipinski definition) is 1. The normalized spacial score (nSPS) is 15.3. The molecule has 1 unspecified atom stereocenters. The lowest BCUT2D eigenvalue weighted by Gasteiger charge is -2.35. The van der Waals surface area contributed by atoms with E-state index >= 15 is 0 Å². The summed E-state index contributed by atoms with van der Waals surface area (Å²) in [5.74, 6) is -0.786. The second-order valence-electron chi connectivity index (χ2n) is 4.14. The van der Waals surface area contributed by atoms with Gasteiger partial charge in [0.25, 0.3) is 0 Å². The minimum atomic E-state index is -1.92. The molecule has 0 aliphatic rings. The predicted molar refractivity (Wildman–Crippen MR) is 59.5 cm³/mol. The largest absolute Gasteiger partial charge is 0.467 e. The second-order valence-corrected chi connectivity index (χ2v) is 4.14. The van der Waals surface area contributed by atoms with E-state index in [1.807, 2.05) is 0 Å². The van der Waals surface area contributed by atoms with E-state index in [9.17, 15) is 9.18 Å². The number of halogens is 1. The number of alkyl halides is 1. The van der Waals surface area contributed by atoms with Crippen LogP contribution in [0.5, 0.6) is 0 Å². The van der Waals surface area contributed by atoms with Crippen LogP contribution in [0.15, 0.2) is 30.3 Å². The molecule has 0 aliphatic heterocycles. The Balaban J connectivity index is 3.32. The average molecular weight is 225 g/mol. The summed E-state index contributed by atoms with van der Waals surface area (Å²) in [6.45, 7) is 2.52. The highest BCUT2D eigenvalue weighted by atomic mass is 19.1. The lowest BCUT2D eigenvalue weighted by molar-refractivity contribution is -0.153. The Hall–Kier alpha value is -1.42. The van der Waals surface area contributed by atoms with Crippen molar-refractivity contribution in [1.29, 1.82) is 0 Å². The van der Waals surface area contributed by atoms with Gasteiger partial charge in [-0.15, -0.1) is 0 Å². The van der Waals surface area contributed by atoms with E-state index in [1.54, 1.807) is 30.3 Å². The summed E-state index contributed by atoms with van der Waals surface area (Å²) in [7, 11) is 1.19. The molecule has 1 rings (SSSR count). The molecule has 0 saturated carbocycles. The fourth-order valence-electron chi connectivity index (χ4n) is 1.57. The number of carbonyl (C=O) groups is 1. The number of nitrogens with two attached hydrogens (primary N) is 1. The van der Waals surface area contributed by atoms with Gasteiger partial charge in [-0.3, -0.25) is 0 Å². The van der Waals surface area contributed by atoms with Gasteiger partial charge in [0.05, 0.1) is 7.11 Å². The molecule has 3 nitrogen and oxygen atoms in total. The Morgan fingerprint density at radius 1 is 1.31 bits per heavy atom. The molecule has 1 aromatic carbocycles. The molecule has 0 heterocycles. The van der Waals surface area contributed by atoms with Crippen molar-refractivity contribution in [2.45, 2.75) is 25.1 Å². The summed E-state index contributed by atoms with van der Waals surface area (Å²) < 4.78 is 18.7. The monoisotopic (exact) mass is 225 g/mol. The summed E-state index contributed by atoms with van der Waals surface area (Å²) in [4.78, 5) is 11.7. The smallest absolute Gasteiger partial charge is 0.333 e. The molecule has 0 spiro atoms. The van der Waals surface area contributed by atoms with Gasteiger partial charge in [0, 0.05) is 0 Å². The fraction of sp³-hybridized carbons (Fsp3) is 0.417. The van der Waals surface area contributed by atoms with E-state index in [2.05, 4.69) is 4.74 Å². The number of ether oxygens (including phenoxy) is 1. The quantitative estimate of drug-likeness (QED) is 0.797. The Kier molecular flexibility index (Phi) is 3.33. The first-order chi connectivity index (χ1) is 7.34. The van der Waals surface area contributed by atoms with Gasteiger partial charge in [0.1, 0.15) is 5.67 Å². The molecule has 16 heavy (non-hydrogen) atoms. The number of esters is 1. The summed E-state index contributed by atoms with van der Waals surface area (Å²) in [5.41, 5.74) is 2.59. The first-order valence-corrected chi connectivity index (χ1v) is 4.95. The van der Waals surface area contributed by atoms with Gasteiger partial charge in [-0.25, -0.2) is 9.18 Å². The topological polar surface area (TPSA) is 52.3 Å². The molecule has 1 aromatic rings. The molecular formula is C12H16FNO2. The lowest BCUT2D eigenvalue weighted by atomic mass is 9.78. The molecule has 1 atom stereocenters. The van der Waals surface area contributed by atoms with E-state index in [0.717, 1.165) is 0 Å². The molecule has 0 fully saturated rings. The van der Waals surface area contributed by atoms with Crippen molar-refractivity contribution < 1.29 is 13.9 Å². The minimum absolute atomic E-state index is 0.398. The third-order valence-electron chi connectivity index (χ3n) is 2.67. The van der Waals surface area contributed by atoms with E-state index in [0.29, 0.717) is 5.56 Å². The van der Waals surface area contributed by atoms with Gasteiger partial charge >= 0.3 is 5.97 Å². The molecule has 0 aromatic heterocycles. The first kappa shape index (κ1) is 12.6. The van der Waals surface area contributed by atoms with Crippen molar-refractivity contribution in [3.8, 4) is 0 Å². The summed E-state index contributed by atoms with van der Waals surface area (Å²) in [5, 5.41) is 0. The molecule has 2 N–H and O–H groups in total. The van der Waals surface area contributed by atoms with Crippen molar-refractivity contribution in [2.24, 2.45) is 5.73 Å². The fourth-order valence-corrected chi connectivity index (χ4v) is 1.57. The highest BCUT2D eigenvalue weighted by Gasteiger charge is 2.51. The molecule has 0 amide bonds. The van der Waals surface area contributed by atoms with Gasteiger partial charge in [-0.1, -0.05) is 30.3 Å². The number of hydrogen-bond acceptors (Lipinski definition) is 3. The predicted octanol–water partition coefficient (Wildman–Crippen LogP) is 1.76. The second kappa shape index (κ2) is 4.22. The number of rotatable bonds is 3. The van der Waals surface area contributed by atoms with Gasteiger partial charge in [-0.05, 0) is 19.4 Å². The molecule has 0 saturated heterocycles. The molecule has 88 valence electrons. The SMILES string of the molecule is COC(=O)C(N)(c1ccccc1)C(C)(C)F. The average Bonchev–Trinajstić information content (AvgIpc) is 2.26. The van der Waals surface area contributed by atoms with E-state index in [4.69, 9.17) is 5.73 Å². The maximum atomic E-state index is 14.1. The maximum absolute atomic E-state index is 14.1. The highest BCUT2D eigenvalue weighted by molar-refractivity contribution is 5.84. The van der Waals surface area contributed by atoms with Crippen LogP contribution in [0.2, 0.25) is 0 Å². The highest BCUT2D eigenvalue weighted by Crippen LogP contribution is 2.34. The molecule has 0 radical (unpaired) electrons. The van der Waals surface area contributed by atoms with Crippen molar-refractivity contribution in [3.63, 3.8) is 0 Å². The van der Waals surface area contributed by atoms with Crippen LogP contribution < -0.4 is 5.73 Å². The zero-order valence-corrected chi connectivity index (χ0v) is 9.66. The number of carbonyl (C=O) groups excluding carboxylic acids is 1. The third kappa shape index (κ3) is 1.93. The van der Waals surface area contributed by atoms with E-state index in [1.165, 1.54) is 21.0 Å². The van der Waals surface area contributed by atoms with Crippen LogP contribution in [-0.4, -0.2) is 18.7 Å². The van der Waals surface area contributed by atoms with Gasteiger partial charge < -0.3 is 10.5 Å². The molecule has 0 bridgehead atoms. The summed E-state index contributed by atoms with van der Waals surface area (Å²) in [6, 6.07) is 8.39. The Bertz CT molecular complexity index is 372. The Morgan fingerprint density at radius 2 is 1.81 bits per heavy atom. The van der Waals surface area contributed by atoms with Gasteiger partial charge in [0.15, 0.2) is 5.54 Å². The third-order valence-corrected chi connectivity index (χ3v) is 2.67. The van der Waals surface area contributed by atoms with Crippen LogP contribution >= 0.6 is 0 Å². The molecular weight excluding hydrogens is 209 g/mol. The summed E-state index contributed by atoms with van der Waals surface area (Å²) >= 11 is 0.